The highest BCUT2D eigenvalue weighted by atomic mass is 16.5. The molecule has 3 heteroatoms. The van der Waals surface area contributed by atoms with Crippen LogP contribution in [0.1, 0.15) is 55.6 Å². The van der Waals surface area contributed by atoms with E-state index in [1.807, 2.05) is 13.0 Å². The van der Waals surface area contributed by atoms with Crippen molar-refractivity contribution in [3.8, 4) is 5.75 Å². The molecule has 0 fully saturated rings. The fourth-order valence-electron chi connectivity index (χ4n) is 3.02. The van der Waals surface area contributed by atoms with Gasteiger partial charge in [0.05, 0.1) is 5.56 Å². The lowest BCUT2D eigenvalue weighted by atomic mass is 9.73. The summed E-state index contributed by atoms with van der Waals surface area (Å²) in [5.41, 5.74) is 1.81. The van der Waals surface area contributed by atoms with Crippen LogP contribution in [0, 0.1) is 6.92 Å². The van der Waals surface area contributed by atoms with Gasteiger partial charge >= 0.3 is 5.97 Å². The molecule has 1 aromatic rings. The number of ether oxygens (including phenoxy) is 1. The number of carboxylic acids is 1. The Bertz CT molecular complexity index is 513. The standard InChI is InChI=1S/C15H20O3/c1-9-6-12-11(7-10(9)13(16)17)14(2,3)8-15(4,5)18-12/h6-7H,8H2,1-5H3,(H,16,17). The molecule has 0 amide bonds. The molecule has 1 N–H and O–H groups in total. The molecule has 3 nitrogen and oxygen atoms in total. The Kier molecular flexibility index (Phi) is 2.69. The highest BCUT2D eigenvalue weighted by Crippen LogP contribution is 2.45. The summed E-state index contributed by atoms with van der Waals surface area (Å²) in [6.07, 6.45) is 0.870. The van der Waals surface area contributed by atoms with Gasteiger partial charge in [0.25, 0.3) is 0 Å². The molecule has 18 heavy (non-hydrogen) atoms. The molecule has 0 aliphatic carbocycles. The molecule has 0 saturated carbocycles. The first-order chi connectivity index (χ1) is 8.12. The van der Waals surface area contributed by atoms with E-state index in [0.717, 1.165) is 23.3 Å². The largest absolute Gasteiger partial charge is 0.488 e. The molecule has 0 spiro atoms. The van der Waals surface area contributed by atoms with E-state index in [9.17, 15) is 9.90 Å². The first-order valence-corrected chi connectivity index (χ1v) is 6.20. The smallest absolute Gasteiger partial charge is 0.335 e. The van der Waals surface area contributed by atoms with Gasteiger partial charge in [-0.2, -0.15) is 0 Å². The van der Waals surface area contributed by atoms with Crippen molar-refractivity contribution in [3.05, 3.63) is 28.8 Å². The molecule has 0 bridgehead atoms. The highest BCUT2D eigenvalue weighted by molar-refractivity contribution is 5.90. The molecule has 0 unspecified atom stereocenters. The van der Waals surface area contributed by atoms with E-state index in [1.54, 1.807) is 6.07 Å². The number of benzene rings is 1. The van der Waals surface area contributed by atoms with Gasteiger partial charge in [-0.15, -0.1) is 0 Å². The van der Waals surface area contributed by atoms with E-state index < -0.39 is 5.97 Å². The van der Waals surface area contributed by atoms with Crippen molar-refractivity contribution in [1.82, 2.24) is 0 Å². The summed E-state index contributed by atoms with van der Waals surface area (Å²) >= 11 is 0. The van der Waals surface area contributed by atoms with E-state index in [1.165, 1.54) is 0 Å². The van der Waals surface area contributed by atoms with Gasteiger partial charge in [-0.3, -0.25) is 0 Å². The summed E-state index contributed by atoms with van der Waals surface area (Å²) < 4.78 is 5.98. The number of hydrogen-bond donors (Lipinski definition) is 1. The van der Waals surface area contributed by atoms with Crippen LogP contribution in [0.3, 0.4) is 0 Å². The average Bonchev–Trinajstić information content (AvgIpc) is 2.11. The predicted octanol–water partition coefficient (Wildman–Crippen LogP) is 3.53. The number of aromatic carboxylic acids is 1. The van der Waals surface area contributed by atoms with Gasteiger partial charge in [-0.25, -0.2) is 4.79 Å². The van der Waals surface area contributed by atoms with E-state index >= 15 is 0 Å². The zero-order valence-electron chi connectivity index (χ0n) is 11.6. The Morgan fingerprint density at radius 1 is 1.28 bits per heavy atom. The van der Waals surface area contributed by atoms with Crippen molar-refractivity contribution < 1.29 is 14.6 Å². The maximum Gasteiger partial charge on any atom is 0.335 e. The van der Waals surface area contributed by atoms with Crippen LogP contribution in [-0.2, 0) is 5.41 Å². The van der Waals surface area contributed by atoms with Crippen molar-refractivity contribution in [2.24, 2.45) is 0 Å². The predicted molar refractivity (Wildman–Crippen MR) is 70.5 cm³/mol. The van der Waals surface area contributed by atoms with Crippen molar-refractivity contribution in [2.75, 3.05) is 0 Å². The van der Waals surface area contributed by atoms with Crippen LogP contribution in [0.4, 0.5) is 0 Å². The van der Waals surface area contributed by atoms with Crippen molar-refractivity contribution >= 4 is 5.97 Å². The van der Waals surface area contributed by atoms with Crippen LogP contribution < -0.4 is 4.74 Å². The van der Waals surface area contributed by atoms with E-state index in [0.29, 0.717) is 5.56 Å². The number of fused-ring (bicyclic) bond motifs is 1. The normalized spacial score (nSPS) is 19.8. The first kappa shape index (κ1) is 12.9. The molecule has 1 aromatic carbocycles. The topological polar surface area (TPSA) is 46.5 Å². The number of carbonyl (C=O) groups is 1. The molecular weight excluding hydrogens is 228 g/mol. The third kappa shape index (κ3) is 2.09. The van der Waals surface area contributed by atoms with Crippen molar-refractivity contribution in [2.45, 2.75) is 52.1 Å². The van der Waals surface area contributed by atoms with Crippen LogP contribution in [0.5, 0.6) is 5.75 Å². The summed E-state index contributed by atoms with van der Waals surface area (Å²) in [7, 11) is 0. The minimum atomic E-state index is -0.879. The molecule has 1 aliphatic heterocycles. The summed E-state index contributed by atoms with van der Waals surface area (Å²) in [6, 6.07) is 3.61. The SMILES string of the molecule is Cc1cc2c(cc1C(=O)O)C(C)(C)CC(C)(C)O2. The first-order valence-electron chi connectivity index (χ1n) is 6.20. The molecule has 1 heterocycles. The van der Waals surface area contributed by atoms with Crippen molar-refractivity contribution in [3.63, 3.8) is 0 Å². The molecular formula is C15H20O3. The second-order valence-corrected chi connectivity index (χ2v) is 6.39. The summed E-state index contributed by atoms with van der Waals surface area (Å²) in [6.45, 7) is 10.2. The quantitative estimate of drug-likeness (QED) is 0.827. The summed E-state index contributed by atoms with van der Waals surface area (Å²) in [5.74, 6) is -0.0605. The maximum absolute atomic E-state index is 11.2. The van der Waals surface area contributed by atoms with Gasteiger partial charge < -0.3 is 9.84 Å². The van der Waals surface area contributed by atoms with Gasteiger partial charge in [0, 0.05) is 5.56 Å². The number of aryl methyl sites for hydroxylation is 1. The van der Waals surface area contributed by atoms with Gasteiger partial charge in [0.15, 0.2) is 0 Å². The molecule has 2 rings (SSSR count). The Morgan fingerprint density at radius 3 is 2.44 bits per heavy atom. The van der Waals surface area contributed by atoms with Crippen LogP contribution >= 0.6 is 0 Å². The lowest BCUT2D eigenvalue weighted by Gasteiger charge is -2.42. The highest BCUT2D eigenvalue weighted by Gasteiger charge is 2.39. The minimum absolute atomic E-state index is 0.0744. The summed E-state index contributed by atoms with van der Waals surface area (Å²) in [5, 5.41) is 9.20. The number of hydrogen-bond acceptors (Lipinski definition) is 2. The Morgan fingerprint density at radius 2 is 1.89 bits per heavy atom. The Labute approximate surface area is 108 Å². The van der Waals surface area contributed by atoms with Gasteiger partial charge in [0.1, 0.15) is 11.4 Å². The van der Waals surface area contributed by atoms with Crippen LogP contribution in [0.25, 0.3) is 0 Å². The Hall–Kier alpha value is -1.51. The molecule has 98 valence electrons. The second kappa shape index (κ2) is 3.74. The molecule has 1 aliphatic rings. The Balaban J connectivity index is 2.63. The zero-order chi connectivity index (χ0) is 13.7. The lowest BCUT2D eigenvalue weighted by molar-refractivity contribution is 0.0531. The van der Waals surface area contributed by atoms with Crippen molar-refractivity contribution in [1.29, 1.82) is 0 Å². The number of rotatable bonds is 1. The van der Waals surface area contributed by atoms with Gasteiger partial charge in [-0.05, 0) is 50.3 Å². The van der Waals surface area contributed by atoms with Gasteiger partial charge in [-0.1, -0.05) is 13.8 Å². The van der Waals surface area contributed by atoms with Crippen LogP contribution in [0.15, 0.2) is 12.1 Å². The fourth-order valence-corrected chi connectivity index (χ4v) is 3.02. The third-order valence-electron chi connectivity index (χ3n) is 3.54. The second-order valence-electron chi connectivity index (χ2n) is 6.39. The maximum atomic E-state index is 11.2. The fraction of sp³-hybridized carbons (Fsp3) is 0.533. The van der Waals surface area contributed by atoms with E-state index in [4.69, 9.17) is 4.74 Å². The van der Waals surface area contributed by atoms with E-state index in [2.05, 4.69) is 27.7 Å². The molecule has 0 radical (unpaired) electrons. The average molecular weight is 248 g/mol. The molecule has 0 atom stereocenters. The monoisotopic (exact) mass is 248 g/mol. The van der Waals surface area contributed by atoms with Crippen LogP contribution in [-0.4, -0.2) is 16.7 Å². The zero-order valence-corrected chi connectivity index (χ0v) is 11.6. The minimum Gasteiger partial charge on any atom is -0.488 e. The van der Waals surface area contributed by atoms with Crippen LogP contribution in [0.2, 0.25) is 0 Å². The third-order valence-corrected chi connectivity index (χ3v) is 3.54. The lowest BCUT2D eigenvalue weighted by Crippen LogP contribution is -2.41. The summed E-state index contributed by atoms with van der Waals surface area (Å²) in [4.78, 5) is 11.2. The number of carboxylic acid groups (broad SMARTS) is 1. The molecule has 0 aromatic heterocycles. The van der Waals surface area contributed by atoms with E-state index in [-0.39, 0.29) is 11.0 Å². The molecule has 0 saturated heterocycles. The van der Waals surface area contributed by atoms with Gasteiger partial charge in [0.2, 0.25) is 0 Å².